The van der Waals surface area contributed by atoms with Crippen LogP contribution in [-0.2, 0) is 9.59 Å². The van der Waals surface area contributed by atoms with E-state index in [1.807, 2.05) is 0 Å². The molecule has 0 heterocycles. The highest BCUT2D eigenvalue weighted by molar-refractivity contribution is 6.42. The van der Waals surface area contributed by atoms with Crippen LogP contribution in [0, 0.1) is 0 Å². The summed E-state index contributed by atoms with van der Waals surface area (Å²) in [6.07, 6.45) is 2.82. The van der Waals surface area contributed by atoms with E-state index in [1.54, 1.807) is 24.3 Å². The minimum absolute atomic E-state index is 0.343. The number of rotatable bonds is 4. The van der Waals surface area contributed by atoms with Gasteiger partial charge in [-0.15, -0.1) is 0 Å². The molecule has 0 aliphatic heterocycles. The Bertz CT molecular complexity index is 500. The number of carboxylic acids is 1. The molecule has 0 aromatic heterocycles. The van der Waals surface area contributed by atoms with Crippen molar-refractivity contribution in [1.29, 1.82) is 0 Å². The molecule has 1 N–H and O–H groups in total. The lowest BCUT2D eigenvalue weighted by atomic mass is 10.2. The van der Waals surface area contributed by atoms with E-state index in [4.69, 9.17) is 28.3 Å². The fraction of sp³-hybridized carbons (Fsp3) is 0.167. The number of carboxylic acid groups (broad SMARTS) is 1. The lowest BCUT2D eigenvalue weighted by Crippen LogP contribution is -2.30. The van der Waals surface area contributed by atoms with Crippen molar-refractivity contribution < 1.29 is 14.7 Å². The molecule has 1 rings (SSSR count). The van der Waals surface area contributed by atoms with Crippen molar-refractivity contribution in [2.75, 3.05) is 13.6 Å². The Balaban J connectivity index is 2.71. The molecule has 0 atom stereocenters. The van der Waals surface area contributed by atoms with Gasteiger partial charge in [-0.05, 0) is 23.8 Å². The maximum Gasteiger partial charge on any atom is 0.323 e. The van der Waals surface area contributed by atoms with E-state index in [9.17, 15) is 9.59 Å². The fourth-order valence-electron chi connectivity index (χ4n) is 1.19. The number of amides is 1. The van der Waals surface area contributed by atoms with Crippen molar-refractivity contribution in [3.63, 3.8) is 0 Å². The number of aliphatic carboxylic acids is 1. The molecule has 0 saturated carbocycles. The number of benzene rings is 1. The van der Waals surface area contributed by atoms with E-state index >= 15 is 0 Å². The molecule has 0 unspecified atom stereocenters. The molecule has 0 saturated heterocycles. The number of likely N-dealkylation sites (N-methyl/N-ethyl adjacent to an activating group) is 1. The summed E-state index contributed by atoms with van der Waals surface area (Å²) in [7, 11) is 1.41. The Morgan fingerprint density at radius 2 is 2.00 bits per heavy atom. The molecule has 0 aliphatic rings. The summed E-state index contributed by atoms with van der Waals surface area (Å²) in [6, 6.07) is 4.94. The average Bonchev–Trinajstić information content (AvgIpc) is 2.29. The number of halogens is 2. The van der Waals surface area contributed by atoms with Crippen LogP contribution < -0.4 is 0 Å². The van der Waals surface area contributed by atoms with Crippen LogP contribution in [0.5, 0.6) is 0 Å². The Hall–Kier alpha value is -1.52. The maximum absolute atomic E-state index is 11.5. The van der Waals surface area contributed by atoms with Crippen LogP contribution in [0.2, 0.25) is 10.0 Å². The SMILES string of the molecule is CN(CC(=O)O)C(=O)/C=C/c1ccc(Cl)c(Cl)c1. The standard InChI is InChI=1S/C12H11Cl2NO3/c1-15(7-12(17)18)11(16)5-3-8-2-4-9(13)10(14)6-8/h2-6H,7H2,1H3,(H,17,18)/b5-3+. The van der Waals surface area contributed by atoms with Crippen molar-refractivity contribution in [2.45, 2.75) is 0 Å². The highest BCUT2D eigenvalue weighted by Crippen LogP contribution is 2.23. The minimum Gasteiger partial charge on any atom is -0.480 e. The van der Waals surface area contributed by atoms with E-state index in [1.165, 1.54) is 13.1 Å². The summed E-state index contributed by atoms with van der Waals surface area (Å²) in [5.74, 6) is -1.46. The van der Waals surface area contributed by atoms with Crippen molar-refractivity contribution in [3.05, 3.63) is 39.9 Å². The number of carbonyl (C=O) groups excluding carboxylic acids is 1. The first kappa shape index (κ1) is 14.5. The van der Waals surface area contributed by atoms with Crippen LogP contribution in [0.15, 0.2) is 24.3 Å². The van der Waals surface area contributed by atoms with Crippen LogP contribution in [0.3, 0.4) is 0 Å². The fourth-order valence-corrected chi connectivity index (χ4v) is 1.50. The number of nitrogens with zero attached hydrogens (tertiary/aromatic N) is 1. The molecule has 1 amide bonds. The summed E-state index contributed by atoms with van der Waals surface area (Å²) in [5, 5.41) is 9.36. The molecule has 0 fully saturated rings. The maximum atomic E-state index is 11.5. The van der Waals surface area contributed by atoms with Crippen molar-refractivity contribution in [3.8, 4) is 0 Å². The van der Waals surface area contributed by atoms with E-state index in [0.717, 1.165) is 4.90 Å². The third-order valence-corrected chi connectivity index (χ3v) is 2.85. The third kappa shape index (κ3) is 4.39. The van der Waals surface area contributed by atoms with E-state index < -0.39 is 11.9 Å². The van der Waals surface area contributed by atoms with Gasteiger partial charge in [0.05, 0.1) is 10.0 Å². The van der Waals surface area contributed by atoms with Gasteiger partial charge in [-0.3, -0.25) is 9.59 Å². The van der Waals surface area contributed by atoms with Gasteiger partial charge in [0.15, 0.2) is 0 Å². The van der Waals surface area contributed by atoms with E-state index in [-0.39, 0.29) is 6.54 Å². The summed E-state index contributed by atoms with van der Waals surface area (Å²) in [5.41, 5.74) is 0.710. The van der Waals surface area contributed by atoms with E-state index in [2.05, 4.69) is 0 Å². The molecule has 0 bridgehead atoms. The second-order valence-electron chi connectivity index (χ2n) is 3.59. The van der Waals surface area contributed by atoms with Gasteiger partial charge < -0.3 is 10.0 Å². The molecule has 0 radical (unpaired) electrons. The van der Waals surface area contributed by atoms with Crippen LogP contribution in [0.4, 0.5) is 0 Å². The molecular formula is C12H11Cl2NO3. The highest BCUT2D eigenvalue weighted by atomic mass is 35.5. The van der Waals surface area contributed by atoms with Crippen LogP contribution in [0.1, 0.15) is 5.56 Å². The van der Waals surface area contributed by atoms with Gasteiger partial charge in [0.25, 0.3) is 0 Å². The molecule has 1 aromatic carbocycles. The Morgan fingerprint density at radius 1 is 1.33 bits per heavy atom. The Morgan fingerprint density at radius 3 is 2.56 bits per heavy atom. The molecule has 0 spiro atoms. The van der Waals surface area contributed by atoms with Crippen molar-refractivity contribution in [1.82, 2.24) is 4.90 Å². The van der Waals surface area contributed by atoms with Crippen molar-refractivity contribution in [2.24, 2.45) is 0 Å². The zero-order valence-corrected chi connectivity index (χ0v) is 11.1. The first-order valence-electron chi connectivity index (χ1n) is 5.00. The quantitative estimate of drug-likeness (QED) is 0.866. The molecule has 4 nitrogen and oxygen atoms in total. The molecule has 96 valence electrons. The van der Waals surface area contributed by atoms with Gasteiger partial charge in [0.2, 0.25) is 5.91 Å². The lowest BCUT2D eigenvalue weighted by molar-refractivity contribution is -0.141. The summed E-state index contributed by atoms with van der Waals surface area (Å²) in [6.45, 7) is -0.343. The summed E-state index contributed by atoms with van der Waals surface area (Å²) < 4.78 is 0. The summed E-state index contributed by atoms with van der Waals surface area (Å²) in [4.78, 5) is 23.0. The predicted octanol–water partition coefficient (Wildman–Crippen LogP) is 2.55. The first-order valence-corrected chi connectivity index (χ1v) is 5.76. The molecule has 1 aromatic rings. The average molecular weight is 288 g/mol. The highest BCUT2D eigenvalue weighted by Gasteiger charge is 2.08. The molecule has 6 heteroatoms. The van der Waals surface area contributed by atoms with Gasteiger partial charge in [-0.1, -0.05) is 29.3 Å². The van der Waals surface area contributed by atoms with Gasteiger partial charge in [-0.2, -0.15) is 0 Å². The van der Waals surface area contributed by atoms with Gasteiger partial charge >= 0.3 is 5.97 Å². The third-order valence-electron chi connectivity index (χ3n) is 2.11. The predicted molar refractivity (Wildman–Crippen MR) is 70.8 cm³/mol. The largest absolute Gasteiger partial charge is 0.480 e. The second-order valence-corrected chi connectivity index (χ2v) is 4.41. The lowest BCUT2D eigenvalue weighted by Gasteiger charge is -2.11. The smallest absolute Gasteiger partial charge is 0.323 e. The second kappa shape index (κ2) is 6.42. The molecule has 0 aliphatic carbocycles. The van der Waals surface area contributed by atoms with Crippen LogP contribution >= 0.6 is 23.2 Å². The zero-order chi connectivity index (χ0) is 13.7. The van der Waals surface area contributed by atoms with Gasteiger partial charge in [0.1, 0.15) is 6.54 Å². The normalized spacial score (nSPS) is 10.6. The Labute approximate surface area is 114 Å². The number of carbonyl (C=O) groups is 2. The molecular weight excluding hydrogens is 277 g/mol. The monoisotopic (exact) mass is 287 g/mol. The van der Waals surface area contributed by atoms with E-state index in [0.29, 0.717) is 15.6 Å². The van der Waals surface area contributed by atoms with Gasteiger partial charge in [-0.25, -0.2) is 0 Å². The topological polar surface area (TPSA) is 57.6 Å². The van der Waals surface area contributed by atoms with Crippen LogP contribution in [-0.4, -0.2) is 35.5 Å². The Kier molecular flexibility index (Phi) is 5.19. The summed E-state index contributed by atoms with van der Waals surface area (Å²) >= 11 is 11.6. The van der Waals surface area contributed by atoms with Crippen molar-refractivity contribution >= 4 is 41.2 Å². The van der Waals surface area contributed by atoms with Gasteiger partial charge in [0, 0.05) is 13.1 Å². The van der Waals surface area contributed by atoms with Crippen LogP contribution in [0.25, 0.3) is 6.08 Å². The molecule has 18 heavy (non-hydrogen) atoms. The first-order chi connectivity index (χ1) is 8.40. The number of hydrogen-bond donors (Lipinski definition) is 1. The number of hydrogen-bond acceptors (Lipinski definition) is 2. The zero-order valence-electron chi connectivity index (χ0n) is 9.56. The minimum atomic E-state index is -1.06.